The van der Waals surface area contributed by atoms with E-state index in [2.05, 4.69) is 15.0 Å². The summed E-state index contributed by atoms with van der Waals surface area (Å²) in [5.41, 5.74) is 5.61. The van der Waals surface area contributed by atoms with Crippen molar-refractivity contribution in [1.29, 1.82) is 0 Å². The van der Waals surface area contributed by atoms with Crippen molar-refractivity contribution in [1.82, 2.24) is 15.0 Å². The summed E-state index contributed by atoms with van der Waals surface area (Å²) >= 11 is 0. The number of aromatic nitrogens is 2. The first-order valence-corrected chi connectivity index (χ1v) is 6.21. The molecule has 7 heteroatoms. The van der Waals surface area contributed by atoms with Crippen molar-refractivity contribution in [2.45, 2.75) is 31.4 Å². The van der Waals surface area contributed by atoms with Crippen LogP contribution in [-0.4, -0.2) is 47.4 Å². The van der Waals surface area contributed by atoms with E-state index in [1.165, 1.54) is 12.8 Å². The smallest absolute Gasteiger partial charge is 0.229 e. The molecule has 2 N–H and O–H groups in total. The van der Waals surface area contributed by atoms with Crippen molar-refractivity contribution >= 4 is 12.4 Å². The Kier molecular flexibility index (Phi) is 4.55. The Balaban J connectivity index is 0.00000120. The van der Waals surface area contributed by atoms with Crippen LogP contribution in [0.4, 0.5) is 0 Å². The molecule has 3 rings (SSSR count). The van der Waals surface area contributed by atoms with Gasteiger partial charge in [0.1, 0.15) is 0 Å². The number of nitrogens with zero attached hydrogens (tertiary/aromatic N) is 3. The van der Waals surface area contributed by atoms with Gasteiger partial charge in [-0.05, 0) is 12.8 Å². The van der Waals surface area contributed by atoms with Crippen LogP contribution in [0.5, 0.6) is 0 Å². The van der Waals surface area contributed by atoms with Gasteiger partial charge in [0.2, 0.25) is 5.89 Å². The molecule has 1 atom stereocenters. The molecule has 1 aliphatic carbocycles. The summed E-state index contributed by atoms with van der Waals surface area (Å²) in [5, 5.41) is 4.02. The van der Waals surface area contributed by atoms with Gasteiger partial charge < -0.3 is 15.0 Å². The number of hydrogen-bond acceptors (Lipinski definition) is 6. The lowest BCUT2D eigenvalue weighted by Gasteiger charge is -2.31. The molecule has 2 heterocycles. The molecule has 1 saturated heterocycles. The number of hydrogen-bond donors (Lipinski definition) is 1. The van der Waals surface area contributed by atoms with E-state index in [0.29, 0.717) is 12.5 Å². The molecule has 0 aromatic carbocycles. The molecule has 0 amide bonds. The first-order chi connectivity index (χ1) is 8.35. The highest BCUT2D eigenvalue weighted by atomic mass is 35.5. The predicted molar refractivity (Wildman–Crippen MR) is 67.6 cm³/mol. The Morgan fingerprint density at radius 3 is 2.94 bits per heavy atom. The topological polar surface area (TPSA) is 77.4 Å². The molecule has 1 aliphatic heterocycles. The van der Waals surface area contributed by atoms with Crippen LogP contribution < -0.4 is 5.73 Å². The van der Waals surface area contributed by atoms with Crippen molar-refractivity contribution in [2.24, 2.45) is 5.73 Å². The van der Waals surface area contributed by atoms with Gasteiger partial charge in [0.25, 0.3) is 0 Å². The van der Waals surface area contributed by atoms with Gasteiger partial charge in [-0.25, -0.2) is 0 Å². The molecule has 0 bridgehead atoms. The lowest BCUT2D eigenvalue weighted by molar-refractivity contribution is -0.0269. The van der Waals surface area contributed by atoms with Gasteiger partial charge in [-0.2, -0.15) is 4.98 Å². The third-order valence-electron chi connectivity index (χ3n) is 3.26. The van der Waals surface area contributed by atoms with Crippen LogP contribution in [0.25, 0.3) is 0 Å². The minimum absolute atomic E-state index is 0. The lowest BCUT2D eigenvalue weighted by atomic mass is 10.2. The van der Waals surface area contributed by atoms with E-state index in [1.54, 1.807) is 0 Å². The summed E-state index contributed by atoms with van der Waals surface area (Å²) in [6, 6.07) is 0. The fourth-order valence-corrected chi connectivity index (χ4v) is 2.09. The fraction of sp³-hybridized carbons (Fsp3) is 0.818. The standard InChI is InChI=1S/C11H18N4O2.ClH/c12-5-9-6-15(3-4-16-9)7-10-13-11(17-14-10)8-1-2-8;/h8-9H,1-7,12H2;1H. The Bertz CT molecular complexity index is 383. The maximum absolute atomic E-state index is 5.61. The molecular weight excluding hydrogens is 256 g/mol. The van der Waals surface area contributed by atoms with E-state index in [-0.39, 0.29) is 18.5 Å². The number of ether oxygens (including phenoxy) is 1. The maximum atomic E-state index is 5.61. The Morgan fingerprint density at radius 2 is 2.22 bits per heavy atom. The minimum Gasteiger partial charge on any atom is -0.374 e. The van der Waals surface area contributed by atoms with Gasteiger partial charge in [-0.1, -0.05) is 5.16 Å². The molecule has 1 unspecified atom stereocenters. The number of halogens is 1. The van der Waals surface area contributed by atoms with Crippen molar-refractivity contribution in [2.75, 3.05) is 26.2 Å². The van der Waals surface area contributed by atoms with Gasteiger partial charge in [-0.3, -0.25) is 4.90 Å². The van der Waals surface area contributed by atoms with Crippen molar-refractivity contribution in [3.63, 3.8) is 0 Å². The molecule has 0 spiro atoms. The van der Waals surface area contributed by atoms with Crippen LogP contribution in [0.2, 0.25) is 0 Å². The Hall–Kier alpha value is -0.690. The van der Waals surface area contributed by atoms with Gasteiger partial charge in [-0.15, -0.1) is 12.4 Å². The predicted octanol–water partition coefficient (Wildman–Crippen LogP) is 0.528. The summed E-state index contributed by atoms with van der Waals surface area (Å²) < 4.78 is 10.8. The summed E-state index contributed by atoms with van der Waals surface area (Å²) in [6.45, 7) is 3.79. The Morgan fingerprint density at radius 1 is 1.39 bits per heavy atom. The van der Waals surface area contributed by atoms with Crippen molar-refractivity contribution in [3.05, 3.63) is 11.7 Å². The molecule has 102 valence electrons. The summed E-state index contributed by atoms with van der Waals surface area (Å²) in [6.07, 6.45) is 2.52. The van der Waals surface area contributed by atoms with Crippen LogP contribution >= 0.6 is 12.4 Å². The van der Waals surface area contributed by atoms with Crippen LogP contribution in [0.15, 0.2) is 4.52 Å². The third-order valence-corrected chi connectivity index (χ3v) is 3.26. The van der Waals surface area contributed by atoms with Crippen LogP contribution in [0.1, 0.15) is 30.5 Å². The first kappa shape index (κ1) is 13.7. The monoisotopic (exact) mass is 274 g/mol. The SMILES string of the molecule is Cl.NCC1CN(Cc2noc(C3CC3)n2)CCO1. The molecule has 6 nitrogen and oxygen atoms in total. The molecule has 1 aromatic rings. The average Bonchev–Trinajstić information content (AvgIpc) is 3.11. The van der Waals surface area contributed by atoms with E-state index >= 15 is 0 Å². The van der Waals surface area contributed by atoms with Gasteiger partial charge in [0.15, 0.2) is 5.82 Å². The van der Waals surface area contributed by atoms with Gasteiger partial charge in [0.05, 0.1) is 19.3 Å². The summed E-state index contributed by atoms with van der Waals surface area (Å²) in [7, 11) is 0. The molecular formula is C11H19ClN4O2. The first-order valence-electron chi connectivity index (χ1n) is 6.21. The number of morpholine rings is 1. The van der Waals surface area contributed by atoms with E-state index in [0.717, 1.165) is 38.0 Å². The lowest BCUT2D eigenvalue weighted by Crippen LogP contribution is -2.45. The molecule has 2 fully saturated rings. The molecule has 18 heavy (non-hydrogen) atoms. The van der Waals surface area contributed by atoms with Gasteiger partial charge in [0, 0.05) is 25.6 Å². The third kappa shape index (κ3) is 3.20. The van der Waals surface area contributed by atoms with Gasteiger partial charge >= 0.3 is 0 Å². The van der Waals surface area contributed by atoms with E-state index < -0.39 is 0 Å². The van der Waals surface area contributed by atoms with E-state index in [9.17, 15) is 0 Å². The molecule has 0 radical (unpaired) electrons. The Labute approximate surface area is 112 Å². The number of rotatable bonds is 4. The van der Waals surface area contributed by atoms with Crippen LogP contribution in [0.3, 0.4) is 0 Å². The van der Waals surface area contributed by atoms with Crippen molar-refractivity contribution in [3.8, 4) is 0 Å². The largest absolute Gasteiger partial charge is 0.374 e. The average molecular weight is 275 g/mol. The number of nitrogens with two attached hydrogens (primary N) is 1. The molecule has 1 aromatic heterocycles. The second-order valence-corrected chi connectivity index (χ2v) is 4.79. The van der Waals surface area contributed by atoms with Crippen molar-refractivity contribution < 1.29 is 9.26 Å². The highest BCUT2D eigenvalue weighted by Gasteiger charge is 2.30. The quantitative estimate of drug-likeness (QED) is 0.863. The highest BCUT2D eigenvalue weighted by Crippen LogP contribution is 2.38. The van der Waals surface area contributed by atoms with E-state index in [4.69, 9.17) is 15.0 Å². The normalized spacial score (nSPS) is 24.8. The fourth-order valence-electron chi connectivity index (χ4n) is 2.09. The minimum atomic E-state index is 0. The highest BCUT2D eigenvalue weighted by molar-refractivity contribution is 5.85. The molecule has 2 aliphatic rings. The maximum Gasteiger partial charge on any atom is 0.229 e. The van der Waals surface area contributed by atoms with Crippen LogP contribution in [0, 0.1) is 0 Å². The second-order valence-electron chi connectivity index (χ2n) is 4.79. The zero-order valence-corrected chi connectivity index (χ0v) is 11.1. The summed E-state index contributed by atoms with van der Waals surface area (Å²) in [5.74, 6) is 2.12. The second kappa shape index (κ2) is 5.97. The van der Waals surface area contributed by atoms with E-state index in [1.807, 2.05) is 0 Å². The zero-order chi connectivity index (χ0) is 11.7. The molecule has 1 saturated carbocycles. The van der Waals surface area contributed by atoms with Crippen LogP contribution in [-0.2, 0) is 11.3 Å². The zero-order valence-electron chi connectivity index (χ0n) is 10.2. The summed E-state index contributed by atoms with van der Waals surface area (Å²) in [4.78, 5) is 6.69.